The molecule has 1 heterocycles. The third-order valence-corrected chi connectivity index (χ3v) is 4.68. The molecule has 1 fully saturated rings. The van der Waals surface area contributed by atoms with E-state index in [1.165, 1.54) is 12.1 Å². The second kappa shape index (κ2) is 7.09. The fourth-order valence-corrected chi connectivity index (χ4v) is 2.39. The maximum absolute atomic E-state index is 12.1. The minimum absolute atomic E-state index is 0.210. The second-order valence-electron chi connectivity index (χ2n) is 7.17. The van der Waals surface area contributed by atoms with Gasteiger partial charge >= 0.3 is 19.1 Å². The summed E-state index contributed by atoms with van der Waals surface area (Å²) in [6.45, 7) is 7.74. The molecular weight excluding hydrogens is 341 g/mol. The Morgan fingerprint density at radius 3 is 1.96 bits per heavy atom. The largest absolute Gasteiger partial charge is 0.494 e. The highest BCUT2D eigenvalue weighted by Gasteiger charge is 2.51. The zero-order chi connectivity index (χ0) is 19.7. The quantitative estimate of drug-likeness (QED) is 0.634. The molecule has 9 heteroatoms. The Labute approximate surface area is 151 Å². The molecule has 0 radical (unpaired) electrons. The van der Waals surface area contributed by atoms with Crippen LogP contribution in [0.1, 0.15) is 44.5 Å². The lowest BCUT2D eigenvalue weighted by atomic mass is 9.79. The standard InChI is InChI=1S/C17H22BNO7/c1-16(2)17(3,4)26-18(25-16)11-7-5-10(6-8-11)14(22)19-12(15(23)24)9-13(20)21/h5-8,12H,9H2,1-4H3,(H,19,22)(H,20,21)(H,23,24). The van der Waals surface area contributed by atoms with Gasteiger partial charge in [-0.25, -0.2) is 4.79 Å². The van der Waals surface area contributed by atoms with Crippen LogP contribution in [0.5, 0.6) is 0 Å². The maximum atomic E-state index is 12.1. The summed E-state index contributed by atoms with van der Waals surface area (Å²) >= 11 is 0. The van der Waals surface area contributed by atoms with Gasteiger partial charge in [-0.15, -0.1) is 0 Å². The molecule has 3 N–H and O–H groups in total. The Hall–Kier alpha value is -2.39. The number of carbonyl (C=O) groups is 3. The molecule has 0 aromatic heterocycles. The Kier molecular flexibility index (Phi) is 5.43. The van der Waals surface area contributed by atoms with Gasteiger partial charge in [0.1, 0.15) is 6.04 Å². The van der Waals surface area contributed by atoms with Crippen molar-refractivity contribution in [2.45, 2.75) is 51.4 Å². The summed E-state index contributed by atoms with van der Waals surface area (Å²) < 4.78 is 11.8. The first kappa shape index (κ1) is 19.9. The number of rotatable bonds is 6. The zero-order valence-corrected chi connectivity index (χ0v) is 15.1. The van der Waals surface area contributed by atoms with Gasteiger partial charge in [-0.2, -0.15) is 0 Å². The first-order chi connectivity index (χ1) is 11.9. The summed E-state index contributed by atoms with van der Waals surface area (Å²) in [6.07, 6.45) is -0.701. The molecule has 140 valence electrons. The highest BCUT2D eigenvalue weighted by molar-refractivity contribution is 6.62. The summed E-state index contributed by atoms with van der Waals surface area (Å²) in [5.41, 5.74) is -0.0409. The Morgan fingerprint density at radius 1 is 1.04 bits per heavy atom. The molecule has 0 bridgehead atoms. The van der Waals surface area contributed by atoms with E-state index in [1.54, 1.807) is 12.1 Å². The SMILES string of the molecule is CC1(C)OB(c2ccc(C(=O)NC(CC(=O)O)C(=O)O)cc2)OC1(C)C. The van der Waals surface area contributed by atoms with Crippen molar-refractivity contribution in [2.75, 3.05) is 0 Å². The number of amides is 1. The van der Waals surface area contributed by atoms with Gasteiger partial charge in [0, 0.05) is 5.56 Å². The normalized spacial score (nSPS) is 19.0. The zero-order valence-electron chi connectivity index (χ0n) is 15.1. The highest BCUT2D eigenvalue weighted by Crippen LogP contribution is 2.36. The monoisotopic (exact) mass is 363 g/mol. The number of carboxylic acid groups (broad SMARTS) is 2. The summed E-state index contributed by atoms with van der Waals surface area (Å²) in [6, 6.07) is 4.83. The Bertz CT molecular complexity index is 698. The van der Waals surface area contributed by atoms with Crippen LogP contribution in [-0.2, 0) is 18.9 Å². The second-order valence-corrected chi connectivity index (χ2v) is 7.17. The number of nitrogens with one attached hydrogen (secondary N) is 1. The average molecular weight is 363 g/mol. The van der Waals surface area contributed by atoms with Crippen molar-refractivity contribution in [2.24, 2.45) is 0 Å². The average Bonchev–Trinajstić information content (AvgIpc) is 2.74. The first-order valence-corrected chi connectivity index (χ1v) is 8.14. The van der Waals surface area contributed by atoms with Crippen LogP contribution in [0.4, 0.5) is 0 Å². The molecular formula is C17H22BNO7. The third-order valence-electron chi connectivity index (χ3n) is 4.68. The molecule has 1 aromatic rings. The summed E-state index contributed by atoms with van der Waals surface area (Å²) in [5, 5.41) is 19.9. The molecule has 8 nitrogen and oxygen atoms in total. The van der Waals surface area contributed by atoms with E-state index in [1.807, 2.05) is 27.7 Å². The van der Waals surface area contributed by atoms with Crippen LogP contribution in [0.15, 0.2) is 24.3 Å². The molecule has 1 saturated heterocycles. The molecule has 1 aliphatic rings. The minimum Gasteiger partial charge on any atom is -0.481 e. The van der Waals surface area contributed by atoms with Gasteiger partial charge in [-0.3, -0.25) is 9.59 Å². The van der Waals surface area contributed by atoms with Crippen LogP contribution < -0.4 is 10.8 Å². The smallest absolute Gasteiger partial charge is 0.481 e. The minimum atomic E-state index is -1.50. The first-order valence-electron chi connectivity index (χ1n) is 8.14. The van der Waals surface area contributed by atoms with Gasteiger partial charge in [0.15, 0.2) is 0 Å². The van der Waals surface area contributed by atoms with E-state index in [0.717, 1.165) is 5.46 Å². The van der Waals surface area contributed by atoms with E-state index in [4.69, 9.17) is 19.5 Å². The Balaban J connectivity index is 2.08. The van der Waals surface area contributed by atoms with E-state index in [0.29, 0.717) is 0 Å². The highest BCUT2D eigenvalue weighted by atomic mass is 16.7. The fourth-order valence-electron chi connectivity index (χ4n) is 2.39. The molecule has 1 unspecified atom stereocenters. The van der Waals surface area contributed by atoms with Crippen LogP contribution >= 0.6 is 0 Å². The molecule has 0 aliphatic carbocycles. The van der Waals surface area contributed by atoms with Gasteiger partial charge in [-0.05, 0) is 45.3 Å². The van der Waals surface area contributed by atoms with Gasteiger partial charge in [0.2, 0.25) is 0 Å². The van der Waals surface area contributed by atoms with Gasteiger partial charge in [-0.1, -0.05) is 12.1 Å². The molecule has 2 rings (SSSR count). The van der Waals surface area contributed by atoms with Crippen LogP contribution in [0.2, 0.25) is 0 Å². The lowest BCUT2D eigenvalue weighted by Gasteiger charge is -2.32. The maximum Gasteiger partial charge on any atom is 0.494 e. The molecule has 1 atom stereocenters. The van der Waals surface area contributed by atoms with E-state index in [2.05, 4.69) is 5.32 Å². The van der Waals surface area contributed by atoms with Crippen molar-refractivity contribution in [1.29, 1.82) is 0 Å². The summed E-state index contributed by atoms with van der Waals surface area (Å²) in [7, 11) is -0.573. The van der Waals surface area contributed by atoms with Crippen LogP contribution in [0.25, 0.3) is 0 Å². The van der Waals surface area contributed by atoms with E-state index in [9.17, 15) is 14.4 Å². The van der Waals surface area contributed by atoms with Crippen molar-refractivity contribution in [3.63, 3.8) is 0 Å². The lowest BCUT2D eigenvalue weighted by Crippen LogP contribution is -2.42. The van der Waals surface area contributed by atoms with Crippen LogP contribution in [0, 0.1) is 0 Å². The van der Waals surface area contributed by atoms with Gasteiger partial charge < -0.3 is 24.8 Å². The number of benzene rings is 1. The number of aliphatic carboxylic acids is 2. The molecule has 0 saturated carbocycles. The van der Waals surface area contributed by atoms with E-state index in [-0.39, 0.29) is 5.56 Å². The lowest BCUT2D eigenvalue weighted by molar-refractivity contribution is -0.145. The predicted octanol–water partition coefficient (Wildman–Crippen LogP) is 0.644. The molecule has 1 aliphatic heterocycles. The van der Waals surface area contributed by atoms with Crippen molar-refractivity contribution in [1.82, 2.24) is 5.32 Å². The van der Waals surface area contributed by atoms with Gasteiger partial charge in [0.05, 0.1) is 17.6 Å². The fraction of sp³-hybridized carbons (Fsp3) is 0.471. The topological polar surface area (TPSA) is 122 Å². The number of carboxylic acids is 2. The predicted molar refractivity (Wildman–Crippen MR) is 93.3 cm³/mol. The number of hydrogen-bond donors (Lipinski definition) is 3. The Morgan fingerprint density at radius 2 is 1.54 bits per heavy atom. The van der Waals surface area contributed by atoms with Crippen molar-refractivity contribution < 1.29 is 33.9 Å². The van der Waals surface area contributed by atoms with Crippen LogP contribution in [-0.4, -0.2) is 52.4 Å². The molecule has 0 spiro atoms. The number of hydrogen-bond acceptors (Lipinski definition) is 5. The van der Waals surface area contributed by atoms with Crippen LogP contribution in [0.3, 0.4) is 0 Å². The summed E-state index contributed by atoms with van der Waals surface area (Å²) in [5.74, 6) is -3.39. The molecule has 26 heavy (non-hydrogen) atoms. The van der Waals surface area contributed by atoms with E-state index < -0.39 is 48.6 Å². The molecule has 1 aromatic carbocycles. The molecule has 1 amide bonds. The summed E-state index contributed by atoms with van der Waals surface area (Å²) in [4.78, 5) is 33.9. The third kappa shape index (κ3) is 4.23. The van der Waals surface area contributed by atoms with Crippen molar-refractivity contribution in [3.05, 3.63) is 29.8 Å². The van der Waals surface area contributed by atoms with Gasteiger partial charge in [0.25, 0.3) is 5.91 Å². The van der Waals surface area contributed by atoms with Crippen molar-refractivity contribution in [3.8, 4) is 0 Å². The van der Waals surface area contributed by atoms with E-state index >= 15 is 0 Å². The number of carbonyl (C=O) groups excluding carboxylic acids is 1. The van der Waals surface area contributed by atoms with Crippen molar-refractivity contribution >= 4 is 30.4 Å².